The Bertz CT molecular complexity index is 601. The van der Waals surface area contributed by atoms with Crippen molar-refractivity contribution in [3.63, 3.8) is 0 Å². The van der Waals surface area contributed by atoms with E-state index < -0.39 is 22.4 Å². The lowest BCUT2D eigenvalue weighted by molar-refractivity contribution is 0.505. The van der Waals surface area contributed by atoms with Crippen LogP contribution in [0.5, 0.6) is 0 Å². The monoisotopic (exact) mass is 267 g/mol. The highest BCUT2D eigenvalue weighted by Gasteiger charge is 2.09. The molecule has 0 aliphatic rings. The third-order valence-electron chi connectivity index (χ3n) is 2.40. The van der Waals surface area contributed by atoms with Crippen molar-refractivity contribution in [1.82, 2.24) is 0 Å². The summed E-state index contributed by atoms with van der Waals surface area (Å²) in [6.45, 7) is 0. The zero-order chi connectivity index (χ0) is 13.1. The molecule has 0 spiro atoms. The Morgan fingerprint density at radius 3 is 2.50 bits per heavy atom. The molecule has 18 heavy (non-hydrogen) atoms. The predicted molar refractivity (Wildman–Crippen MR) is 67.3 cm³/mol. The molecule has 0 amide bonds. The fraction of sp³-hybridized carbons (Fsp3) is 0.0769. The second-order valence-corrected chi connectivity index (χ2v) is 5.26. The van der Waals surface area contributed by atoms with Crippen molar-refractivity contribution in [1.29, 1.82) is 0 Å². The van der Waals surface area contributed by atoms with Crippen LogP contribution in [0.3, 0.4) is 0 Å². The third kappa shape index (κ3) is 2.92. The highest BCUT2D eigenvalue weighted by molar-refractivity contribution is 7.84. The highest BCUT2D eigenvalue weighted by atomic mass is 32.2. The molecule has 2 rings (SSSR count). The van der Waals surface area contributed by atoms with Crippen LogP contribution in [0.2, 0.25) is 0 Å². The molecule has 2 N–H and O–H groups in total. The molecule has 5 heteroatoms. The summed E-state index contributed by atoms with van der Waals surface area (Å²) in [5.74, 6) is -1.72. The average molecular weight is 267 g/mol. The van der Waals surface area contributed by atoms with E-state index in [1.807, 2.05) is 0 Å². The van der Waals surface area contributed by atoms with Crippen LogP contribution in [0.25, 0.3) is 0 Å². The quantitative estimate of drug-likeness (QED) is 0.869. The topological polar surface area (TPSA) is 43.1 Å². The highest BCUT2D eigenvalue weighted by Crippen LogP contribution is 2.16. The minimum atomic E-state index is -1.42. The van der Waals surface area contributed by atoms with Gasteiger partial charge in [0.2, 0.25) is 0 Å². The first-order valence-corrected chi connectivity index (χ1v) is 6.56. The van der Waals surface area contributed by atoms with Gasteiger partial charge in [-0.2, -0.15) is 0 Å². The van der Waals surface area contributed by atoms with Gasteiger partial charge in [0.15, 0.2) is 11.6 Å². The molecule has 0 aliphatic heterocycles. The predicted octanol–water partition coefficient (Wildman–Crippen LogP) is 2.85. The van der Waals surface area contributed by atoms with Crippen LogP contribution in [-0.2, 0) is 16.6 Å². The lowest BCUT2D eigenvalue weighted by Crippen LogP contribution is -1.99. The molecule has 1 atom stereocenters. The lowest BCUT2D eigenvalue weighted by atomic mass is 10.2. The minimum absolute atomic E-state index is 0.218. The van der Waals surface area contributed by atoms with Crippen LogP contribution in [0.4, 0.5) is 14.5 Å². The normalized spacial score (nSPS) is 12.3. The molecule has 1 unspecified atom stereocenters. The summed E-state index contributed by atoms with van der Waals surface area (Å²) >= 11 is 0. The number of nitrogen functional groups attached to an aromatic ring is 1. The maximum Gasteiger partial charge on any atom is 0.160 e. The average Bonchev–Trinajstić information content (AvgIpc) is 2.32. The fourth-order valence-corrected chi connectivity index (χ4v) is 2.64. The van der Waals surface area contributed by atoms with Gasteiger partial charge in [0.05, 0.1) is 16.6 Å². The van der Waals surface area contributed by atoms with Gasteiger partial charge in [-0.05, 0) is 35.9 Å². The van der Waals surface area contributed by atoms with E-state index >= 15 is 0 Å². The van der Waals surface area contributed by atoms with E-state index in [1.165, 1.54) is 6.07 Å². The van der Waals surface area contributed by atoms with Crippen molar-refractivity contribution < 1.29 is 13.0 Å². The standard InChI is InChI=1S/C13H11F2NOS/c14-12-5-4-11(7-13(12)15)18(17)8-9-2-1-3-10(16)6-9/h1-7H,8,16H2. The second-order valence-electron chi connectivity index (χ2n) is 3.81. The Morgan fingerprint density at radius 2 is 1.83 bits per heavy atom. The summed E-state index contributed by atoms with van der Waals surface area (Å²) < 4.78 is 37.7. The van der Waals surface area contributed by atoms with E-state index in [1.54, 1.807) is 24.3 Å². The smallest absolute Gasteiger partial charge is 0.160 e. The Kier molecular flexibility index (Phi) is 3.72. The SMILES string of the molecule is Nc1cccc(CS(=O)c2ccc(F)c(F)c2)c1. The molecule has 0 heterocycles. The van der Waals surface area contributed by atoms with Gasteiger partial charge in [0.25, 0.3) is 0 Å². The first-order valence-electron chi connectivity index (χ1n) is 5.24. The Balaban J connectivity index is 2.19. The lowest BCUT2D eigenvalue weighted by Gasteiger charge is -2.04. The van der Waals surface area contributed by atoms with E-state index in [0.29, 0.717) is 5.69 Å². The second kappa shape index (κ2) is 5.27. The molecule has 0 aromatic heterocycles. The van der Waals surface area contributed by atoms with Gasteiger partial charge in [-0.25, -0.2) is 8.78 Å². The largest absolute Gasteiger partial charge is 0.399 e. The van der Waals surface area contributed by atoms with Crippen LogP contribution in [0.15, 0.2) is 47.4 Å². The van der Waals surface area contributed by atoms with E-state index in [2.05, 4.69) is 0 Å². The van der Waals surface area contributed by atoms with Gasteiger partial charge in [-0.15, -0.1) is 0 Å². The van der Waals surface area contributed by atoms with Crippen molar-refractivity contribution in [3.05, 3.63) is 59.7 Å². The van der Waals surface area contributed by atoms with Crippen LogP contribution in [0, 0.1) is 11.6 Å². The van der Waals surface area contributed by atoms with Crippen molar-refractivity contribution in [2.24, 2.45) is 0 Å². The molecule has 0 radical (unpaired) electrons. The van der Waals surface area contributed by atoms with E-state index in [4.69, 9.17) is 5.73 Å². The summed E-state index contributed by atoms with van der Waals surface area (Å²) in [6, 6.07) is 10.2. The number of hydrogen-bond acceptors (Lipinski definition) is 2. The summed E-state index contributed by atoms with van der Waals surface area (Å²) in [4.78, 5) is 0.260. The number of benzene rings is 2. The molecule has 0 fully saturated rings. The molecule has 2 aromatic carbocycles. The van der Waals surface area contributed by atoms with Gasteiger partial charge in [-0.3, -0.25) is 4.21 Å². The van der Waals surface area contributed by atoms with Crippen molar-refractivity contribution in [2.75, 3.05) is 5.73 Å². The molecule has 0 aliphatic carbocycles. The van der Waals surface area contributed by atoms with E-state index in [9.17, 15) is 13.0 Å². The van der Waals surface area contributed by atoms with Gasteiger partial charge >= 0.3 is 0 Å². The van der Waals surface area contributed by atoms with Crippen LogP contribution < -0.4 is 5.73 Å². The van der Waals surface area contributed by atoms with E-state index in [0.717, 1.165) is 17.7 Å². The number of anilines is 1. The Hall–Kier alpha value is -1.75. The maximum absolute atomic E-state index is 13.0. The fourth-order valence-electron chi connectivity index (χ4n) is 1.54. The van der Waals surface area contributed by atoms with Crippen LogP contribution in [-0.4, -0.2) is 4.21 Å². The summed E-state index contributed by atoms with van der Waals surface area (Å²) in [5.41, 5.74) is 6.98. The maximum atomic E-state index is 13.0. The molecule has 0 saturated carbocycles. The summed E-state index contributed by atoms with van der Waals surface area (Å²) in [5, 5.41) is 0. The summed E-state index contributed by atoms with van der Waals surface area (Å²) in [6.07, 6.45) is 0. The van der Waals surface area contributed by atoms with Crippen molar-refractivity contribution in [3.8, 4) is 0 Å². The van der Waals surface area contributed by atoms with Crippen LogP contribution in [0.1, 0.15) is 5.56 Å². The third-order valence-corrected chi connectivity index (χ3v) is 3.78. The van der Waals surface area contributed by atoms with Crippen molar-refractivity contribution in [2.45, 2.75) is 10.6 Å². The van der Waals surface area contributed by atoms with Gasteiger partial charge < -0.3 is 5.73 Å². The number of nitrogens with two attached hydrogens (primary N) is 1. The van der Waals surface area contributed by atoms with Gasteiger partial charge in [-0.1, -0.05) is 12.1 Å². The number of hydrogen-bond donors (Lipinski definition) is 1. The van der Waals surface area contributed by atoms with Crippen molar-refractivity contribution >= 4 is 16.5 Å². The van der Waals surface area contributed by atoms with Gasteiger partial charge in [0, 0.05) is 10.6 Å². The number of halogens is 2. The molecule has 94 valence electrons. The Morgan fingerprint density at radius 1 is 1.06 bits per heavy atom. The Labute approximate surface area is 106 Å². The van der Waals surface area contributed by atoms with E-state index in [-0.39, 0.29) is 10.6 Å². The molecule has 2 aromatic rings. The zero-order valence-electron chi connectivity index (χ0n) is 9.40. The first-order chi connectivity index (χ1) is 8.56. The zero-order valence-corrected chi connectivity index (χ0v) is 10.2. The minimum Gasteiger partial charge on any atom is -0.399 e. The molecule has 2 nitrogen and oxygen atoms in total. The van der Waals surface area contributed by atoms with Crippen LogP contribution >= 0.6 is 0 Å². The molecular formula is C13H11F2NOS. The first kappa shape index (κ1) is 12.7. The molecular weight excluding hydrogens is 256 g/mol. The molecule has 0 bridgehead atoms. The summed E-state index contributed by atoms with van der Waals surface area (Å²) in [7, 11) is -1.42. The number of rotatable bonds is 3. The van der Waals surface area contributed by atoms with Gasteiger partial charge in [0.1, 0.15) is 0 Å². The molecule has 0 saturated heterocycles.